The van der Waals surface area contributed by atoms with E-state index in [1.807, 2.05) is 4.90 Å². The molecule has 76 valence electrons. The molecule has 1 aliphatic rings. The maximum atomic E-state index is 13.4. The van der Waals surface area contributed by atoms with Crippen molar-refractivity contribution in [2.75, 3.05) is 18.0 Å². The van der Waals surface area contributed by atoms with Crippen LogP contribution in [-0.2, 0) is 0 Å². The second kappa shape index (κ2) is 3.73. The maximum Gasteiger partial charge on any atom is 0.167 e. The third-order valence-electron chi connectivity index (χ3n) is 2.51. The van der Waals surface area contributed by atoms with E-state index < -0.39 is 0 Å². The molecular formula is C10H12ClFN2. The quantitative estimate of drug-likeness (QED) is 0.715. The first-order valence-electron chi connectivity index (χ1n) is 4.73. The predicted molar refractivity (Wildman–Crippen MR) is 55.2 cm³/mol. The Bertz CT molecular complexity index is 343. The van der Waals surface area contributed by atoms with E-state index in [9.17, 15) is 4.39 Å². The number of halogens is 2. The summed E-state index contributed by atoms with van der Waals surface area (Å²) in [5.74, 6) is 0.720. The first-order valence-corrected chi connectivity index (χ1v) is 5.10. The molecule has 1 aromatic rings. The van der Waals surface area contributed by atoms with Gasteiger partial charge in [0.2, 0.25) is 0 Å². The summed E-state index contributed by atoms with van der Waals surface area (Å²) in [7, 11) is 0. The molecule has 1 fully saturated rings. The number of hydrogen-bond donors (Lipinski definition) is 0. The van der Waals surface area contributed by atoms with Crippen molar-refractivity contribution >= 4 is 17.4 Å². The van der Waals surface area contributed by atoms with Crippen LogP contribution in [0.1, 0.15) is 13.3 Å². The Morgan fingerprint density at radius 2 is 2.43 bits per heavy atom. The second-order valence-electron chi connectivity index (χ2n) is 3.80. The summed E-state index contributed by atoms with van der Waals surface area (Å²) in [4.78, 5) is 5.98. The minimum atomic E-state index is -0.327. The lowest BCUT2D eigenvalue weighted by molar-refractivity contribution is 0.612. The van der Waals surface area contributed by atoms with Crippen molar-refractivity contribution in [3.63, 3.8) is 0 Å². The Morgan fingerprint density at radius 1 is 1.64 bits per heavy atom. The van der Waals surface area contributed by atoms with Gasteiger partial charge in [0.15, 0.2) is 11.6 Å². The average Bonchev–Trinajstić information content (AvgIpc) is 2.51. The fourth-order valence-electron chi connectivity index (χ4n) is 1.77. The van der Waals surface area contributed by atoms with Gasteiger partial charge in [0.25, 0.3) is 0 Å². The third kappa shape index (κ3) is 1.82. The normalized spacial score (nSPS) is 21.6. The molecule has 14 heavy (non-hydrogen) atoms. The molecule has 2 heterocycles. The smallest absolute Gasteiger partial charge is 0.167 e. The minimum absolute atomic E-state index is 0.327. The van der Waals surface area contributed by atoms with Crippen molar-refractivity contribution < 1.29 is 4.39 Å². The molecule has 1 unspecified atom stereocenters. The molecule has 1 aromatic heterocycles. The lowest BCUT2D eigenvalue weighted by Gasteiger charge is -2.17. The zero-order chi connectivity index (χ0) is 10.1. The van der Waals surface area contributed by atoms with Crippen LogP contribution in [0.15, 0.2) is 12.3 Å². The highest BCUT2D eigenvalue weighted by Gasteiger charge is 2.22. The van der Waals surface area contributed by atoms with E-state index in [0.717, 1.165) is 19.5 Å². The van der Waals surface area contributed by atoms with E-state index in [2.05, 4.69) is 11.9 Å². The van der Waals surface area contributed by atoms with Gasteiger partial charge >= 0.3 is 0 Å². The molecule has 2 nitrogen and oxygen atoms in total. The highest BCUT2D eigenvalue weighted by Crippen LogP contribution is 2.25. The summed E-state index contributed by atoms with van der Waals surface area (Å²) in [6.07, 6.45) is 2.59. The van der Waals surface area contributed by atoms with Crippen LogP contribution in [0.5, 0.6) is 0 Å². The number of anilines is 1. The van der Waals surface area contributed by atoms with E-state index in [1.165, 1.54) is 12.3 Å². The number of nitrogens with zero attached hydrogens (tertiary/aromatic N) is 2. The SMILES string of the molecule is CC1CCN(c2ncc(Cl)cc2F)C1. The van der Waals surface area contributed by atoms with Gasteiger partial charge in [-0.15, -0.1) is 0 Å². The highest BCUT2D eigenvalue weighted by atomic mass is 35.5. The largest absolute Gasteiger partial charge is 0.354 e. The van der Waals surface area contributed by atoms with Crippen LogP contribution >= 0.6 is 11.6 Å². The van der Waals surface area contributed by atoms with Crippen LogP contribution in [0.3, 0.4) is 0 Å². The van der Waals surface area contributed by atoms with E-state index in [0.29, 0.717) is 16.8 Å². The molecule has 4 heteroatoms. The molecule has 0 spiro atoms. The van der Waals surface area contributed by atoms with E-state index in [-0.39, 0.29) is 5.82 Å². The van der Waals surface area contributed by atoms with Gasteiger partial charge in [-0.25, -0.2) is 9.37 Å². The zero-order valence-corrected chi connectivity index (χ0v) is 8.76. The van der Waals surface area contributed by atoms with Gasteiger partial charge in [-0.2, -0.15) is 0 Å². The molecule has 1 aliphatic heterocycles. The zero-order valence-electron chi connectivity index (χ0n) is 8.00. The molecule has 0 aliphatic carbocycles. The van der Waals surface area contributed by atoms with E-state index >= 15 is 0 Å². The maximum absolute atomic E-state index is 13.4. The number of hydrogen-bond acceptors (Lipinski definition) is 2. The van der Waals surface area contributed by atoms with Gasteiger partial charge < -0.3 is 4.90 Å². The first kappa shape index (κ1) is 9.71. The van der Waals surface area contributed by atoms with Crippen LogP contribution in [0, 0.1) is 11.7 Å². The third-order valence-corrected chi connectivity index (χ3v) is 2.72. The molecule has 0 N–H and O–H groups in total. The van der Waals surface area contributed by atoms with E-state index in [1.54, 1.807) is 0 Å². The summed E-state index contributed by atoms with van der Waals surface area (Å²) in [6.45, 7) is 3.92. The lowest BCUT2D eigenvalue weighted by atomic mass is 10.2. The Kier molecular flexibility index (Phi) is 2.59. The topological polar surface area (TPSA) is 16.1 Å². The molecule has 2 rings (SSSR count). The summed E-state index contributed by atoms with van der Waals surface area (Å²) < 4.78 is 13.4. The molecule has 0 radical (unpaired) electrons. The summed E-state index contributed by atoms with van der Waals surface area (Å²) in [5.41, 5.74) is 0. The second-order valence-corrected chi connectivity index (χ2v) is 4.24. The van der Waals surface area contributed by atoms with Crippen molar-refractivity contribution in [2.24, 2.45) is 5.92 Å². The van der Waals surface area contributed by atoms with Gasteiger partial charge in [-0.3, -0.25) is 0 Å². The van der Waals surface area contributed by atoms with Crippen molar-refractivity contribution in [1.82, 2.24) is 4.98 Å². The lowest BCUT2D eigenvalue weighted by Crippen LogP contribution is -2.21. The van der Waals surface area contributed by atoms with E-state index in [4.69, 9.17) is 11.6 Å². The van der Waals surface area contributed by atoms with Gasteiger partial charge in [-0.05, 0) is 18.4 Å². The van der Waals surface area contributed by atoms with Crippen molar-refractivity contribution in [3.05, 3.63) is 23.1 Å². The van der Waals surface area contributed by atoms with Crippen molar-refractivity contribution in [2.45, 2.75) is 13.3 Å². The van der Waals surface area contributed by atoms with Crippen LogP contribution in [-0.4, -0.2) is 18.1 Å². The number of pyridine rings is 1. The Morgan fingerprint density at radius 3 is 3.00 bits per heavy atom. The van der Waals surface area contributed by atoms with Gasteiger partial charge in [0, 0.05) is 19.3 Å². The molecule has 1 saturated heterocycles. The van der Waals surface area contributed by atoms with Gasteiger partial charge in [0.05, 0.1) is 5.02 Å². The summed E-state index contributed by atoms with van der Waals surface area (Å²) in [6, 6.07) is 1.31. The van der Waals surface area contributed by atoms with Crippen LogP contribution < -0.4 is 4.90 Å². The van der Waals surface area contributed by atoms with Crippen molar-refractivity contribution in [3.8, 4) is 0 Å². The Labute approximate surface area is 87.7 Å². The summed E-state index contributed by atoms with van der Waals surface area (Å²) in [5, 5.41) is 0.346. The molecule has 0 amide bonds. The molecule has 0 saturated carbocycles. The first-order chi connectivity index (χ1) is 6.66. The Balaban J connectivity index is 2.24. The van der Waals surface area contributed by atoms with Crippen LogP contribution in [0.4, 0.5) is 10.2 Å². The fourth-order valence-corrected chi connectivity index (χ4v) is 1.91. The molecule has 0 bridgehead atoms. The number of rotatable bonds is 1. The van der Waals surface area contributed by atoms with Crippen molar-refractivity contribution in [1.29, 1.82) is 0 Å². The molecular weight excluding hydrogens is 203 g/mol. The van der Waals surface area contributed by atoms with Gasteiger partial charge in [0.1, 0.15) is 0 Å². The molecule has 0 aromatic carbocycles. The minimum Gasteiger partial charge on any atom is -0.354 e. The van der Waals surface area contributed by atoms with Crippen LogP contribution in [0.25, 0.3) is 0 Å². The average molecular weight is 215 g/mol. The summed E-state index contributed by atoms with van der Waals surface area (Å²) >= 11 is 5.63. The molecule has 1 atom stereocenters. The highest BCUT2D eigenvalue weighted by molar-refractivity contribution is 6.30. The Hall–Kier alpha value is -0.830. The monoisotopic (exact) mass is 214 g/mol. The standard InChI is InChI=1S/C10H12ClFN2/c1-7-2-3-14(6-7)10-9(12)4-8(11)5-13-10/h4-5,7H,2-3,6H2,1H3. The fraction of sp³-hybridized carbons (Fsp3) is 0.500. The van der Waals surface area contributed by atoms with Gasteiger partial charge in [-0.1, -0.05) is 18.5 Å². The van der Waals surface area contributed by atoms with Crippen LogP contribution in [0.2, 0.25) is 5.02 Å². The predicted octanol–water partition coefficient (Wildman–Crippen LogP) is 2.72. The number of aromatic nitrogens is 1.